The van der Waals surface area contributed by atoms with Gasteiger partial charge in [-0.2, -0.15) is 0 Å². The molecule has 110 valence electrons. The fourth-order valence-electron chi connectivity index (χ4n) is 3.01. The monoisotopic (exact) mass is 268 g/mol. The average molecular weight is 268 g/mol. The molecule has 19 heavy (non-hydrogen) atoms. The van der Waals surface area contributed by atoms with E-state index in [1.165, 1.54) is 26.2 Å². The first-order chi connectivity index (χ1) is 9.08. The Kier molecular flexibility index (Phi) is 7.11. The second-order valence-corrected chi connectivity index (χ2v) is 5.86. The molecular formula is C16H28O3. The van der Waals surface area contributed by atoms with Gasteiger partial charge in [0, 0.05) is 19.8 Å². The number of Topliss-reactive ketones (excluding diaryl/α,β-unsaturated/α-hetero) is 1. The summed E-state index contributed by atoms with van der Waals surface area (Å²) >= 11 is 0. The summed E-state index contributed by atoms with van der Waals surface area (Å²) in [5.41, 5.74) is -0.480. The summed E-state index contributed by atoms with van der Waals surface area (Å²) in [5, 5.41) is 0. The van der Waals surface area contributed by atoms with Crippen molar-refractivity contribution >= 4 is 11.8 Å². The molecule has 0 spiro atoms. The minimum absolute atomic E-state index is 0.249. The van der Waals surface area contributed by atoms with Gasteiger partial charge in [-0.25, -0.2) is 0 Å². The molecule has 3 heteroatoms. The molecule has 0 radical (unpaired) electrons. The highest BCUT2D eigenvalue weighted by Gasteiger charge is 2.36. The highest BCUT2D eigenvalue weighted by atomic mass is 16.6. The van der Waals surface area contributed by atoms with Crippen LogP contribution in [0.5, 0.6) is 0 Å². The lowest BCUT2D eigenvalue weighted by atomic mass is 9.80. The van der Waals surface area contributed by atoms with Crippen molar-refractivity contribution in [2.75, 3.05) is 0 Å². The molecule has 0 aromatic rings. The van der Waals surface area contributed by atoms with Crippen LogP contribution in [0.1, 0.15) is 84.5 Å². The summed E-state index contributed by atoms with van der Waals surface area (Å²) in [6, 6.07) is 0. The number of hydrogen-bond donors (Lipinski definition) is 0. The van der Waals surface area contributed by atoms with E-state index >= 15 is 0 Å². The van der Waals surface area contributed by atoms with E-state index in [1.807, 2.05) is 0 Å². The zero-order valence-electron chi connectivity index (χ0n) is 12.5. The van der Waals surface area contributed by atoms with Crippen LogP contribution in [0.4, 0.5) is 0 Å². The van der Waals surface area contributed by atoms with E-state index in [-0.39, 0.29) is 11.8 Å². The van der Waals surface area contributed by atoms with Gasteiger partial charge in [0.1, 0.15) is 11.4 Å². The van der Waals surface area contributed by atoms with Gasteiger partial charge in [-0.3, -0.25) is 9.59 Å². The third-order valence-corrected chi connectivity index (χ3v) is 3.95. The lowest BCUT2D eigenvalue weighted by molar-refractivity contribution is -0.162. The lowest BCUT2D eigenvalue weighted by Gasteiger charge is -2.36. The zero-order chi connectivity index (χ0) is 14.1. The Bertz CT molecular complexity index is 290. The molecule has 0 aromatic carbocycles. The topological polar surface area (TPSA) is 43.4 Å². The lowest BCUT2D eigenvalue weighted by Crippen LogP contribution is -2.38. The van der Waals surface area contributed by atoms with Gasteiger partial charge in [0.25, 0.3) is 0 Å². The largest absolute Gasteiger partial charge is 0.459 e. The first-order valence-electron chi connectivity index (χ1n) is 7.79. The van der Waals surface area contributed by atoms with E-state index < -0.39 is 5.60 Å². The fraction of sp³-hybridized carbons (Fsp3) is 0.875. The van der Waals surface area contributed by atoms with Gasteiger partial charge in [-0.15, -0.1) is 0 Å². The summed E-state index contributed by atoms with van der Waals surface area (Å²) in [6.07, 6.45) is 10.6. The number of unbranched alkanes of at least 4 members (excludes halogenated alkanes) is 3. The normalized spacial score (nSPS) is 18.0. The summed E-state index contributed by atoms with van der Waals surface area (Å²) in [7, 11) is 0. The maximum atomic E-state index is 12.1. The van der Waals surface area contributed by atoms with Crippen LogP contribution in [0.25, 0.3) is 0 Å². The number of carbonyl (C=O) groups is 2. The Labute approximate surface area is 117 Å². The van der Waals surface area contributed by atoms with Crippen molar-refractivity contribution in [2.45, 2.75) is 90.1 Å². The molecule has 1 aliphatic carbocycles. The van der Waals surface area contributed by atoms with Crippen molar-refractivity contribution in [1.29, 1.82) is 0 Å². The van der Waals surface area contributed by atoms with Gasteiger partial charge in [0.2, 0.25) is 0 Å². The van der Waals surface area contributed by atoms with Crippen molar-refractivity contribution in [3.63, 3.8) is 0 Å². The van der Waals surface area contributed by atoms with E-state index in [4.69, 9.17) is 4.74 Å². The van der Waals surface area contributed by atoms with Crippen LogP contribution in [0.3, 0.4) is 0 Å². The zero-order valence-corrected chi connectivity index (χ0v) is 12.5. The Morgan fingerprint density at radius 2 is 1.74 bits per heavy atom. The van der Waals surface area contributed by atoms with Gasteiger partial charge in [0.05, 0.1) is 0 Å². The van der Waals surface area contributed by atoms with Crippen LogP contribution < -0.4 is 0 Å². The quantitative estimate of drug-likeness (QED) is 0.490. The summed E-state index contributed by atoms with van der Waals surface area (Å²) in [4.78, 5) is 23.3. The predicted octanol–water partition coefficient (Wildman–Crippen LogP) is 4.18. The molecule has 0 amide bonds. The molecule has 1 rings (SSSR count). The van der Waals surface area contributed by atoms with Crippen LogP contribution >= 0.6 is 0 Å². The number of hydrogen-bond acceptors (Lipinski definition) is 3. The molecule has 0 aliphatic heterocycles. The Morgan fingerprint density at radius 1 is 1.05 bits per heavy atom. The van der Waals surface area contributed by atoms with E-state index in [2.05, 4.69) is 6.92 Å². The Morgan fingerprint density at radius 3 is 2.32 bits per heavy atom. The molecule has 0 heterocycles. The average Bonchev–Trinajstić information content (AvgIpc) is 2.34. The van der Waals surface area contributed by atoms with Gasteiger partial charge in [-0.05, 0) is 32.1 Å². The minimum atomic E-state index is -0.480. The van der Waals surface area contributed by atoms with Crippen LogP contribution in [-0.4, -0.2) is 17.4 Å². The number of ether oxygens (including phenoxy) is 1. The predicted molar refractivity (Wildman–Crippen MR) is 76.0 cm³/mol. The molecule has 3 nitrogen and oxygen atoms in total. The van der Waals surface area contributed by atoms with Crippen LogP contribution in [0.2, 0.25) is 0 Å². The molecule has 0 aromatic heterocycles. The number of esters is 1. The SMILES string of the molecule is CCCCCCC(=O)CC1(OC(C)=O)CCCCC1. The molecule has 0 unspecified atom stereocenters. The molecule has 0 bridgehead atoms. The number of rotatable bonds is 8. The van der Waals surface area contributed by atoms with Gasteiger partial charge in [0.15, 0.2) is 0 Å². The van der Waals surface area contributed by atoms with Crippen LogP contribution in [0, 0.1) is 0 Å². The third kappa shape index (κ3) is 6.22. The van der Waals surface area contributed by atoms with E-state index in [0.29, 0.717) is 12.8 Å². The second kappa shape index (κ2) is 8.34. The summed E-state index contributed by atoms with van der Waals surface area (Å²) < 4.78 is 5.52. The Balaban J connectivity index is 2.43. The van der Waals surface area contributed by atoms with E-state index in [0.717, 1.165) is 38.5 Å². The highest BCUT2D eigenvalue weighted by Crippen LogP contribution is 2.35. The molecular weight excluding hydrogens is 240 g/mol. The van der Waals surface area contributed by atoms with E-state index in [9.17, 15) is 9.59 Å². The summed E-state index contributed by atoms with van der Waals surface area (Å²) in [6.45, 7) is 3.61. The van der Waals surface area contributed by atoms with Gasteiger partial charge < -0.3 is 4.74 Å². The van der Waals surface area contributed by atoms with Crippen molar-refractivity contribution in [2.24, 2.45) is 0 Å². The van der Waals surface area contributed by atoms with E-state index in [1.54, 1.807) is 0 Å². The number of carbonyl (C=O) groups excluding carboxylic acids is 2. The minimum Gasteiger partial charge on any atom is -0.459 e. The first kappa shape index (κ1) is 16.2. The second-order valence-electron chi connectivity index (χ2n) is 5.86. The van der Waals surface area contributed by atoms with Crippen molar-refractivity contribution in [1.82, 2.24) is 0 Å². The molecule has 1 fully saturated rings. The molecule has 0 N–H and O–H groups in total. The van der Waals surface area contributed by atoms with Crippen LogP contribution in [0.15, 0.2) is 0 Å². The van der Waals surface area contributed by atoms with Crippen molar-refractivity contribution in [3.05, 3.63) is 0 Å². The Hall–Kier alpha value is -0.860. The first-order valence-corrected chi connectivity index (χ1v) is 7.79. The molecule has 0 saturated heterocycles. The number of ketones is 1. The van der Waals surface area contributed by atoms with Crippen molar-refractivity contribution in [3.8, 4) is 0 Å². The maximum absolute atomic E-state index is 12.1. The smallest absolute Gasteiger partial charge is 0.303 e. The maximum Gasteiger partial charge on any atom is 0.303 e. The summed E-state index contributed by atoms with van der Waals surface area (Å²) in [5.74, 6) is 0.0138. The van der Waals surface area contributed by atoms with Crippen LogP contribution in [-0.2, 0) is 14.3 Å². The van der Waals surface area contributed by atoms with Crippen molar-refractivity contribution < 1.29 is 14.3 Å². The molecule has 1 saturated carbocycles. The standard InChI is InChI=1S/C16H28O3/c1-3-4-5-7-10-15(18)13-16(19-14(2)17)11-8-6-9-12-16/h3-13H2,1-2H3. The van der Waals surface area contributed by atoms with Gasteiger partial charge >= 0.3 is 5.97 Å². The third-order valence-electron chi connectivity index (χ3n) is 3.95. The fourth-order valence-corrected chi connectivity index (χ4v) is 3.01. The van der Waals surface area contributed by atoms with Gasteiger partial charge in [-0.1, -0.05) is 32.6 Å². The molecule has 1 aliphatic rings. The molecule has 0 atom stereocenters. The highest BCUT2D eigenvalue weighted by molar-refractivity contribution is 5.80.